The number of aromatic hydroxyl groups is 1. The molecule has 1 atom stereocenters. The molecule has 0 radical (unpaired) electrons. The largest absolute Gasteiger partial charge is 0.507 e. The number of hydrogen-bond acceptors (Lipinski definition) is 2. The molecule has 3 heteroatoms. The van der Waals surface area contributed by atoms with Gasteiger partial charge in [0.15, 0.2) is 0 Å². The van der Waals surface area contributed by atoms with E-state index in [2.05, 4.69) is 21.2 Å². The van der Waals surface area contributed by atoms with E-state index in [0.717, 1.165) is 17.6 Å². The second kappa shape index (κ2) is 4.32. The summed E-state index contributed by atoms with van der Waals surface area (Å²) in [6, 6.07) is 5.79. The smallest absolute Gasteiger partial charge is 0.129 e. The molecule has 1 aliphatic heterocycles. The Hall–Kier alpha value is -0.540. The zero-order valence-electron chi connectivity index (χ0n) is 7.96. The van der Waals surface area contributed by atoms with Crippen LogP contribution in [0.4, 0.5) is 0 Å². The molecule has 0 bridgehead atoms. The van der Waals surface area contributed by atoms with Crippen LogP contribution in [0, 0.1) is 0 Å². The van der Waals surface area contributed by atoms with Crippen molar-refractivity contribution in [3.63, 3.8) is 0 Å². The lowest BCUT2D eigenvalue weighted by molar-refractivity contribution is 0.456. The van der Waals surface area contributed by atoms with Gasteiger partial charge >= 0.3 is 0 Å². The summed E-state index contributed by atoms with van der Waals surface area (Å²) in [4.78, 5) is 0. The lowest BCUT2D eigenvalue weighted by Crippen LogP contribution is -2.28. The summed E-state index contributed by atoms with van der Waals surface area (Å²) < 4.78 is 0.792. The highest BCUT2D eigenvalue weighted by atomic mass is 79.9. The second-order valence-corrected chi connectivity index (χ2v) is 4.61. The van der Waals surface area contributed by atoms with Gasteiger partial charge in [0.2, 0.25) is 0 Å². The summed E-state index contributed by atoms with van der Waals surface area (Å²) in [6.45, 7) is 2.19. The van der Waals surface area contributed by atoms with Gasteiger partial charge in [0.1, 0.15) is 5.75 Å². The van der Waals surface area contributed by atoms with Crippen molar-refractivity contribution in [1.29, 1.82) is 0 Å². The molecule has 76 valence electrons. The van der Waals surface area contributed by atoms with Gasteiger partial charge in [0.05, 0.1) is 4.47 Å². The molecule has 1 unspecified atom stereocenters. The Bertz CT molecular complexity index is 321. The lowest BCUT2D eigenvalue weighted by Gasteiger charge is -2.23. The molecular formula is C11H14BrNO. The standard InChI is InChI=1S/C11H14BrNO/c12-10-6-8(3-4-11(10)14)9-2-1-5-13-7-9/h3-4,6,9,13-14H,1-2,5,7H2. The Kier molecular flexibility index (Phi) is 3.08. The summed E-state index contributed by atoms with van der Waals surface area (Å²) in [7, 11) is 0. The molecule has 1 saturated heterocycles. The number of phenolic OH excluding ortho intramolecular Hbond substituents is 1. The van der Waals surface area contributed by atoms with Gasteiger partial charge in [0, 0.05) is 6.54 Å². The highest BCUT2D eigenvalue weighted by Gasteiger charge is 2.15. The van der Waals surface area contributed by atoms with Crippen LogP contribution in [0.1, 0.15) is 24.3 Å². The number of piperidine rings is 1. The number of nitrogens with one attached hydrogen (secondary N) is 1. The summed E-state index contributed by atoms with van der Waals surface area (Å²) in [6.07, 6.45) is 2.48. The average molecular weight is 256 g/mol. The third-order valence-electron chi connectivity index (χ3n) is 2.74. The quantitative estimate of drug-likeness (QED) is 0.809. The van der Waals surface area contributed by atoms with Gasteiger partial charge in [-0.1, -0.05) is 6.07 Å². The van der Waals surface area contributed by atoms with Crippen LogP contribution in [-0.2, 0) is 0 Å². The van der Waals surface area contributed by atoms with Crippen molar-refractivity contribution in [3.8, 4) is 5.75 Å². The average Bonchev–Trinajstić information content (AvgIpc) is 2.23. The first kappa shape index (κ1) is 9.99. The van der Waals surface area contributed by atoms with Crippen LogP contribution in [0.2, 0.25) is 0 Å². The van der Waals surface area contributed by atoms with E-state index in [1.165, 1.54) is 18.4 Å². The van der Waals surface area contributed by atoms with Crippen molar-refractivity contribution >= 4 is 15.9 Å². The zero-order valence-corrected chi connectivity index (χ0v) is 9.55. The first-order valence-corrected chi connectivity index (χ1v) is 5.76. The molecule has 0 aliphatic carbocycles. The number of rotatable bonds is 1. The fraction of sp³-hybridized carbons (Fsp3) is 0.455. The van der Waals surface area contributed by atoms with E-state index in [0.29, 0.717) is 11.7 Å². The van der Waals surface area contributed by atoms with E-state index in [4.69, 9.17) is 0 Å². The van der Waals surface area contributed by atoms with Crippen LogP contribution in [0.5, 0.6) is 5.75 Å². The van der Waals surface area contributed by atoms with Crippen LogP contribution in [0.15, 0.2) is 22.7 Å². The fourth-order valence-corrected chi connectivity index (χ4v) is 2.31. The zero-order chi connectivity index (χ0) is 9.97. The molecule has 0 aromatic heterocycles. The van der Waals surface area contributed by atoms with Gasteiger partial charge in [-0.15, -0.1) is 0 Å². The number of phenols is 1. The van der Waals surface area contributed by atoms with Crippen LogP contribution in [0.3, 0.4) is 0 Å². The molecule has 0 amide bonds. The van der Waals surface area contributed by atoms with Crippen molar-refractivity contribution in [2.75, 3.05) is 13.1 Å². The Morgan fingerprint density at radius 2 is 2.29 bits per heavy atom. The predicted molar refractivity (Wildman–Crippen MR) is 60.7 cm³/mol. The molecule has 1 heterocycles. The Morgan fingerprint density at radius 3 is 2.93 bits per heavy atom. The second-order valence-electron chi connectivity index (χ2n) is 3.75. The SMILES string of the molecule is Oc1ccc(C2CCCNC2)cc1Br. The van der Waals surface area contributed by atoms with Gasteiger partial charge in [-0.25, -0.2) is 0 Å². The fourth-order valence-electron chi connectivity index (χ4n) is 1.91. The van der Waals surface area contributed by atoms with Gasteiger partial charge in [-0.2, -0.15) is 0 Å². The molecule has 0 spiro atoms. The predicted octanol–water partition coefficient (Wildman–Crippen LogP) is 2.62. The third kappa shape index (κ3) is 2.10. The van der Waals surface area contributed by atoms with Crippen molar-refractivity contribution in [1.82, 2.24) is 5.32 Å². The monoisotopic (exact) mass is 255 g/mol. The summed E-state index contributed by atoms with van der Waals surface area (Å²) in [5.74, 6) is 0.915. The third-order valence-corrected chi connectivity index (χ3v) is 3.38. The van der Waals surface area contributed by atoms with E-state index < -0.39 is 0 Å². The van der Waals surface area contributed by atoms with E-state index in [1.54, 1.807) is 6.07 Å². The number of hydrogen-bond donors (Lipinski definition) is 2. The van der Waals surface area contributed by atoms with Crippen molar-refractivity contribution in [2.45, 2.75) is 18.8 Å². The van der Waals surface area contributed by atoms with Crippen LogP contribution in [-0.4, -0.2) is 18.2 Å². The van der Waals surface area contributed by atoms with Crippen LogP contribution < -0.4 is 5.32 Å². The maximum Gasteiger partial charge on any atom is 0.129 e. The lowest BCUT2D eigenvalue weighted by atomic mass is 9.92. The van der Waals surface area contributed by atoms with Gasteiger partial charge < -0.3 is 10.4 Å². The molecule has 0 saturated carbocycles. The summed E-state index contributed by atoms with van der Waals surface area (Å²) >= 11 is 3.34. The van der Waals surface area contributed by atoms with Gasteiger partial charge in [0.25, 0.3) is 0 Å². The molecule has 1 fully saturated rings. The van der Waals surface area contributed by atoms with Crippen LogP contribution in [0.25, 0.3) is 0 Å². The molecule has 2 rings (SSSR count). The minimum Gasteiger partial charge on any atom is -0.507 e. The van der Waals surface area contributed by atoms with Gasteiger partial charge in [-0.05, 0) is 58.9 Å². The van der Waals surface area contributed by atoms with Crippen molar-refractivity contribution in [3.05, 3.63) is 28.2 Å². The van der Waals surface area contributed by atoms with E-state index in [9.17, 15) is 5.11 Å². The highest BCUT2D eigenvalue weighted by molar-refractivity contribution is 9.10. The first-order chi connectivity index (χ1) is 6.77. The molecule has 1 aromatic rings. The molecule has 1 aliphatic rings. The molecule has 14 heavy (non-hydrogen) atoms. The maximum absolute atomic E-state index is 9.38. The van der Waals surface area contributed by atoms with Gasteiger partial charge in [-0.3, -0.25) is 0 Å². The topological polar surface area (TPSA) is 32.3 Å². The Balaban J connectivity index is 2.18. The number of benzene rings is 1. The first-order valence-electron chi connectivity index (χ1n) is 4.96. The van der Waals surface area contributed by atoms with E-state index >= 15 is 0 Å². The minimum absolute atomic E-state index is 0.317. The molecule has 2 N–H and O–H groups in total. The van der Waals surface area contributed by atoms with Crippen LogP contribution >= 0.6 is 15.9 Å². The Morgan fingerprint density at radius 1 is 1.43 bits per heavy atom. The van der Waals surface area contributed by atoms with Crippen molar-refractivity contribution < 1.29 is 5.11 Å². The highest BCUT2D eigenvalue weighted by Crippen LogP contribution is 2.30. The van der Waals surface area contributed by atoms with E-state index in [1.807, 2.05) is 12.1 Å². The van der Waals surface area contributed by atoms with Crippen molar-refractivity contribution in [2.24, 2.45) is 0 Å². The summed E-state index contributed by atoms with van der Waals surface area (Å²) in [5.41, 5.74) is 1.31. The Labute approximate surface area is 92.5 Å². The molecule has 2 nitrogen and oxygen atoms in total. The molecule has 1 aromatic carbocycles. The maximum atomic E-state index is 9.38. The summed E-state index contributed by atoms with van der Waals surface area (Å²) in [5, 5.41) is 12.8. The molecular weight excluding hydrogens is 242 g/mol. The minimum atomic E-state index is 0.317. The number of halogens is 1. The normalized spacial score (nSPS) is 22.2. The van der Waals surface area contributed by atoms with E-state index in [-0.39, 0.29) is 0 Å².